The monoisotopic (exact) mass is 516 g/mol. The highest BCUT2D eigenvalue weighted by Gasteiger charge is 2.14. The van der Waals surface area contributed by atoms with Gasteiger partial charge in [0.05, 0.1) is 0 Å². The summed E-state index contributed by atoms with van der Waals surface area (Å²) in [4.78, 5) is 12.8. The number of carbonyl (C=O) groups is 1. The summed E-state index contributed by atoms with van der Waals surface area (Å²) in [6.07, 6.45) is 1.57. The number of carbonyl (C=O) groups excluding carboxylic acids is 1. The van der Waals surface area contributed by atoms with E-state index >= 15 is 0 Å². The fourth-order valence-corrected chi connectivity index (χ4v) is 3.80. The number of hydrogen-bond acceptors (Lipinski definition) is 3. The number of ether oxygens (including phenoxy) is 1. The van der Waals surface area contributed by atoms with E-state index in [4.69, 9.17) is 16.3 Å². The van der Waals surface area contributed by atoms with Crippen LogP contribution in [0.15, 0.2) is 95.0 Å². The van der Waals surface area contributed by atoms with Crippen molar-refractivity contribution in [2.24, 2.45) is 0 Å². The Bertz CT molecular complexity index is 1390. The predicted molar refractivity (Wildman–Crippen MR) is 136 cm³/mol. The minimum atomic E-state index is -0.496. The Kier molecular flexibility index (Phi) is 7.09. The van der Waals surface area contributed by atoms with Gasteiger partial charge in [0, 0.05) is 26.3 Å². The topological polar surface area (TPSA) is 62.1 Å². The zero-order valence-corrected chi connectivity index (χ0v) is 19.7. The van der Waals surface area contributed by atoms with Crippen LogP contribution in [0.2, 0.25) is 5.02 Å². The molecule has 0 aliphatic rings. The summed E-state index contributed by atoms with van der Waals surface area (Å²) < 4.78 is 6.99. The number of nitrogens with zero attached hydrogens (tertiary/aromatic N) is 1. The first kappa shape index (κ1) is 22.6. The van der Waals surface area contributed by atoms with E-state index in [1.807, 2.05) is 78.9 Å². The molecule has 0 fully saturated rings. The van der Waals surface area contributed by atoms with Gasteiger partial charge in [0.2, 0.25) is 0 Å². The van der Waals surface area contributed by atoms with Crippen molar-refractivity contribution >= 4 is 56.0 Å². The first-order valence-corrected chi connectivity index (χ1v) is 11.3. The van der Waals surface area contributed by atoms with E-state index in [1.165, 1.54) is 0 Å². The van der Waals surface area contributed by atoms with Crippen LogP contribution in [-0.2, 0) is 11.4 Å². The van der Waals surface area contributed by atoms with Crippen molar-refractivity contribution in [3.63, 3.8) is 0 Å². The van der Waals surface area contributed by atoms with Crippen molar-refractivity contribution in [1.29, 1.82) is 5.26 Å². The van der Waals surface area contributed by atoms with E-state index in [2.05, 4.69) is 21.2 Å². The fraction of sp³-hybridized carbons (Fsp3) is 0.0370. The van der Waals surface area contributed by atoms with Gasteiger partial charge in [-0.1, -0.05) is 76.1 Å². The zero-order chi connectivity index (χ0) is 23.2. The molecule has 162 valence electrons. The maximum Gasteiger partial charge on any atom is 0.266 e. The minimum absolute atomic E-state index is 0.0307. The van der Waals surface area contributed by atoms with Crippen LogP contribution in [0, 0.1) is 11.3 Å². The average Bonchev–Trinajstić information content (AvgIpc) is 2.83. The van der Waals surface area contributed by atoms with E-state index in [0.717, 1.165) is 20.8 Å². The molecule has 0 saturated heterocycles. The third-order valence-corrected chi connectivity index (χ3v) is 5.92. The summed E-state index contributed by atoms with van der Waals surface area (Å²) in [5.41, 5.74) is 2.06. The van der Waals surface area contributed by atoms with Crippen LogP contribution >= 0.6 is 27.5 Å². The summed E-state index contributed by atoms with van der Waals surface area (Å²) in [7, 11) is 0. The maximum absolute atomic E-state index is 12.8. The van der Waals surface area contributed by atoms with Gasteiger partial charge in [-0.3, -0.25) is 4.79 Å². The first-order valence-electron chi connectivity index (χ1n) is 10.1. The second-order valence-electron chi connectivity index (χ2n) is 7.21. The van der Waals surface area contributed by atoms with E-state index in [0.29, 0.717) is 22.0 Å². The van der Waals surface area contributed by atoms with Crippen LogP contribution < -0.4 is 10.1 Å². The quantitative estimate of drug-likeness (QED) is 0.214. The lowest BCUT2D eigenvalue weighted by atomic mass is 10.0. The molecule has 4 aromatic carbocycles. The second-order valence-corrected chi connectivity index (χ2v) is 8.53. The van der Waals surface area contributed by atoms with Crippen molar-refractivity contribution in [2.45, 2.75) is 6.61 Å². The molecule has 1 N–H and O–H groups in total. The van der Waals surface area contributed by atoms with Gasteiger partial charge in [-0.15, -0.1) is 0 Å². The van der Waals surface area contributed by atoms with Crippen LogP contribution in [0.5, 0.6) is 5.75 Å². The number of amides is 1. The summed E-state index contributed by atoms with van der Waals surface area (Å²) >= 11 is 9.64. The molecule has 0 aliphatic heterocycles. The van der Waals surface area contributed by atoms with E-state index in [9.17, 15) is 10.1 Å². The zero-order valence-electron chi connectivity index (χ0n) is 17.4. The molecular formula is C27H18BrClN2O2. The molecule has 0 aliphatic carbocycles. The lowest BCUT2D eigenvalue weighted by Gasteiger charge is -2.13. The summed E-state index contributed by atoms with van der Waals surface area (Å²) in [5, 5.41) is 15.0. The van der Waals surface area contributed by atoms with Crippen molar-refractivity contribution in [3.8, 4) is 11.8 Å². The number of halogens is 2. The van der Waals surface area contributed by atoms with Gasteiger partial charge in [-0.2, -0.15) is 5.26 Å². The van der Waals surface area contributed by atoms with Crippen molar-refractivity contribution < 1.29 is 9.53 Å². The van der Waals surface area contributed by atoms with Crippen LogP contribution in [0.1, 0.15) is 11.1 Å². The molecule has 0 unspecified atom stereocenters. The molecule has 6 heteroatoms. The Morgan fingerprint density at radius 1 is 1.00 bits per heavy atom. The Balaban J connectivity index is 1.70. The van der Waals surface area contributed by atoms with Crippen LogP contribution in [0.3, 0.4) is 0 Å². The number of benzene rings is 4. The van der Waals surface area contributed by atoms with Gasteiger partial charge in [0.25, 0.3) is 5.91 Å². The number of nitriles is 1. The second kappa shape index (κ2) is 10.4. The molecule has 0 bridgehead atoms. The predicted octanol–water partition coefficient (Wildman–Crippen LogP) is 7.38. The van der Waals surface area contributed by atoms with E-state index in [-0.39, 0.29) is 12.2 Å². The molecule has 1 amide bonds. The lowest BCUT2D eigenvalue weighted by molar-refractivity contribution is -0.112. The highest BCUT2D eigenvalue weighted by molar-refractivity contribution is 9.10. The summed E-state index contributed by atoms with van der Waals surface area (Å²) in [6.45, 7) is 0.256. The molecule has 0 spiro atoms. The van der Waals surface area contributed by atoms with Gasteiger partial charge in [0.1, 0.15) is 24.0 Å². The fourth-order valence-electron chi connectivity index (χ4n) is 3.35. The molecule has 4 rings (SSSR count). The average molecular weight is 518 g/mol. The number of hydrogen-bond donors (Lipinski definition) is 1. The Morgan fingerprint density at radius 2 is 1.73 bits per heavy atom. The summed E-state index contributed by atoms with van der Waals surface area (Å²) in [5.74, 6) is 0.0580. The molecule has 0 saturated carbocycles. The minimum Gasteiger partial charge on any atom is -0.488 e. The number of rotatable bonds is 6. The van der Waals surface area contributed by atoms with Crippen LogP contribution in [0.25, 0.3) is 16.8 Å². The molecule has 33 heavy (non-hydrogen) atoms. The lowest BCUT2D eigenvalue weighted by Crippen LogP contribution is -2.13. The van der Waals surface area contributed by atoms with Crippen LogP contribution in [-0.4, -0.2) is 5.91 Å². The molecule has 0 aromatic heterocycles. The van der Waals surface area contributed by atoms with Crippen LogP contribution in [0.4, 0.5) is 5.69 Å². The third kappa shape index (κ3) is 5.43. The first-order chi connectivity index (χ1) is 16.0. The molecule has 0 radical (unpaired) electrons. The summed E-state index contributed by atoms with van der Waals surface area (Å²) in [6, 6.07) is 28.2. The molecular weight excluding hydrogens is 500 g/mol. The SMILES string of the molecule is N#C/C(=C\c1c(OCc2ccccc2Cl)ccc2ccccc12)C(=O)Nc1ccc(Br)cc1. The standard InChI is InChI=1S/C27H18BrClN2O2/c28-21-10-12-22(13-11-21)31-27(32)20(16-30)15-24-23-7-3-1-5-18(23)9-14-26(24)33-17-19-6-2-4-8-25(19)29/h1-15H,17H2,(H,31,32)/b20-15+. The van der Waals surface area contributed by atoms with Gasteiger partial charge < -0.3 is 10.1 Å². The smallest absolute Gasteiger partial charge is 0.266 e. The Hall–Kier alpha value is -3.59. The highest BCUT2D eigenvalue weighted by atomic mass is 79.9. The number of anilines is 1. The number of fused-ring (bicyclic) bond motifs is 1. The molecule has 4 nitrogen and oxygen atoms in total. The third-order valence-electron chi connectivity index (χ3n) is 5.03. The van der Waals surface area contributed by atoms with Crippen molar-refractivity contribution in [3.05, 3.63) is 111 Å². The normalized spacial score (nSPS) is 11.1. The molecule has 0 heterocycles. The molecule has 0 atom stereocenters. The van der Waals surface area contributed by atoms with Gasteiger partial charge in [0.15, 0.2) is 0 Å². The van der Waals surface area contributed by atoms with Crippen molar-refractivity contribution in [2.75, 3.05) is 5.32 Å². The van der Waals surface area contributed by atoms with E-state index < -0.39 is 5.91 Å². The highest BCUT2D eigenvalue weighted by Crippen LogP contribution is 2.31. The van der Waals surface area contributed by atoms with Gasteiger partial charge in [-0.25, -0.2) is 0 Å². The van der Waals surface area contributed by atoms with Gasteiger partial charge in [-0.05, 0) is 53.2 Å². The Labute approximate surface area is 205 Å². The Morgan fingerprint density at radius 3 is 2.48 bits per heavy atom. The van der Waals surface area contributed by atoms with Crippen molar-refractivity contribution in [1.82, 2.24) is 0 Å². The van der Waals surface area contributed by atoms with Gasteiger partial charge >= 0.3 is 0 Å². The largest absolute Gasteiger partial charge is 0.488 e. The van der Waals surface area contributed by atoms with E-state index in [1.54, 1.807) is 18.2 Å². The maximum atomic E-state index is 12.8. The molecule has 4 aromatic rings. The number of nitrogens with one attached hydrogen (secondary N) is 1.